The monoisotopic (exact) mass is 344 g/mol. The van der Waals surface area contributed by atoms with Crippen molar-refractivity contribution in [3.05, 3.63) is 44.7 Å². The predicted octanol–water partition coefficient (Wildman–Crippen LogP) is 5.34. The number of aromatic nitrogens is 2. The first-order valence-electron chi connectivity index (χ1n) is 5.48. The first-order chi connectivity index (χ1) is 8.49. The summed E-state index contributed by atoms with van der Waals surface area (Å²) >= 11 is 15.6. The second-order valence-corrected chi connectivity index (χ2v) is 5.79. The summed E-state index contributed by atoms with van der Waals surface area (Å²) in [5.41, 5.74) is 1.59. The minimum atomic E-state index is 0.249. The molecule has 0 amide bonds. The van der Waals surface area contributed by atoms with Crippen LogP contribution in [-0.4, -0.2) is 9.97 Å². The van der Waals surface area contributed by atoms with Crippen LogP contribution < -0.4 is 0 Å². The van der Waals surface area contributed by atoms with Gasteiger partial charge in [0, 0.05) is 11.5 Å². The molecule has 0 fully saturated rings. The van der Waals surface area contributed by atoms with Gasteiger partial charge in [-0.05, 0) is 28.1 Å². The lowest BCUT2D eigenvalue weighted by Crippen LogP contribution is -1.99. The van der Waals surface area contributed by atoms with Gasteiger partial charge in [0.05, 0.1) is 15.7 Å². The molecule has 2 rings (SSSR count). The Morgan fingerprint density at radius 2 is 1.89 bits per heavy atom. The van der Waals surface area contributed by atoms with Crippen LogP contribution in [0.25, 0.3) is 11.3 Å². The van der Waals surface area contributed by atoms with Gasteiger partial charge >= 0.3 is 0 Å². The van der Waals surface area contributed by atoms with Crippen LogP contribution in [-0.2, 0) is 0 Å². The first kappa shape index (κ1) is 13.8. The van der Waals surface area contributed by atoms with Crippen molar-refractivity contribution in [3.8, 4) is 11.3 Å². The predicted molar refractivity (Wildman–Crippen MR) is 79.3 cm³/mol. The lowest BCUT2D eigenvalue weighted by atomic mass is 10.1. The fourth-order valence-corrected chi connectivity index (χ4v) is 2.33. The maximum atomic E-state index is 6.20. The zero-order valence-electron chi connectivity index (χ0n) is 9.92. The Morgan fingerprint density at radius 1 is 1.17 bits per heavy atom. The molecule has 5 heteroatoms. The normalized spacial score (nSPS) is 11.0. The molecule has 0 radical (unpaired) electrons. The Morgan fingerprint density at radius 3 is 2.56 bits per heavy atom. The Kier molecular flexibility index (Phi) is 4.25. The number of rotatable bonds is 2. The topological polar surface area (TPSA) is 25.8 Å². The van der Waals surface area contributed by atoms with Crippen LogP contribution in [0.5, 0.6) is 0 Å². The molecule has 0 aliphatic carbocycles. The lowest BCUT2D eigenvalue weighted by molar-refractivity contribution is 0.771. The van der Waals surface area contributed by atoms with Gasteiger partial charge in [0.2, 0.25) is 0 Å². The van der Waals surface area contributed by atoms with E-state index < -0.39 is 0 Å². The molecule has 0 unspecified atom stereocenters. The fourth-order valence-electron chi connectivity index (χ4n) is 1.53. The molecule has 0 saturated heterocycles. The second-order valence-electron chi connectivity index (χ2n) is 4.19. The van der Waals surface area contributed by atoms with Crippen LogP contribution >= 0.6 is 39.1 Å². The van der Waals surface area contributed by atoms with Gasteiger partial charge in [0.15, 0.2) is 0 Å². The van der Waals surface area contributed by atoms with Gasteiger partial charge in [-0.2, -0.15) is 0 Å². The highest BCUT2D eigenvalue weighted by Crippen LogP contribution is 2.33. The number of hydrogen-bond acceptors (Lipinski definition) is 2. The molecule has 1 aromatic heterocycles. The summed E-state index contributed by atoms with van der Waals surface area (Å²) in [7, 11) is 0. The van der Waals surface area contributed by atoms with Crippen molar-refractivity contribution in [2.24, 2.45) is 0 Å². The van der Waals surface area contributed by atoms with E-state index >= 15 is 0 Å². The smallest absolute Gasteiger partial charge is 0.132 e. The minimum absolute atomic E-state index is 0.249. The third-order valence-electron chi connectivity index (χ3n) is 2.46. The van der Waals surface area contributed by atoms with E-state index in [1.54, 1.807) is 6.07 Å². The van der Waals surface area contributed by atoms with Gasteiger partial charge in [0.1, 0.15) is 10.4 Å². The number of halogens is 3. The van der Waals surface area contributed by atoms with Crippen LogP contribution in [0.2, 0.25) is 10.0 Å². The third-order valence-corrected chi connectivity index (χ3v) is 3.68. The molecule has 0 aliphatic rings. The molecule has 2 nitrogen and oxygen atoms in total. The summed E-state index contributed by atoms with van der Waals surface area (Å²) < 4.78 is 0.743. The van der Waals surface area contributed by atoms with Gasteiger partial charge in [-0.25, -0.2) is 9.97 Å². The van der Waals surface area contributed by atoms with Crippen molar-refractivity contribution in [1.29, 1.82) is 0 Å². The number of hydrogen-bond donors (Lipinski definition) is 0. The highest BCUT2D eigenvalue weighted by atomic mass is 79.9. The lowest BCUT2D eigenvalue weighted by Gasteiger charge is -2.09. The molecule has 2 aromatic rings. The van der Waals surface area contributed by atoms with Crippen molar-refractivity contribution >= 4 is 39.1 Å². The Labute approximate surface area is 124 Å². The minimum Gasteiger partial charge on any atom is -0.232 e. The highest BCUT2D eigenvalue weighted by molar-refractivity contribution is 9.10. The molecule has 0 atom stereocenters. The maximum Gasteiger partial charge on any atom is 0.132 e. The number of benzene rings is 1. The van der Waals surface area contributed by atoms with E-state index in [9.17, 15) is 0 Å². The molecular weight excluding hydrogens is 335 g/mol. The molecule has 0 aliphatic heterocycles. The average Bonchev–Trinajstić information content (AvgIpc) is 2.31. The van der Waals surface area contributed by atoms with E-state index in [0.717, 1.165) is 21.7 Å². The van der Waals surface area contributed by atoms with Gasteiger partial charge in [-0.3, -0.25) is 0 Å². The van der Waals surface area contributed by atoms with Gasteiger partial charge in [-0.15, -0.1) is 0 Å². The first-order valence-corrected chi connectivity index (χ1v) is 7.03. The SMILES string of the molecule is CC(C)c1nc(Br)cc(-c2cccc(Cl)c2Cl)n1. The summed E-state index contributed by atoms with van der Waals surface area (Å²) in [6.07, 6.45) is 0. The van der Waals surface area contributed by atoms with Crippen LogP contribution in [0.15, 0.2) is 28.9 Å². The fraction of sp³-hybridized carbons (Fsp3) is 0.231. The zero-order valence-corrected chi connectivity index (χ0v) is 13.0. The maximum absolute atomic E-state index is 6.20. The van der Waals surface area contributed by atoms with E-state index in [4.69, 9.17) is 23.2 Å². The van der Waals surface area contributed by atoms with E-state index in [-0.39, 0.29) is 5.92 Å². The third kappa shape index (κ3) is 2.85. The van der Waals surface area contributed by atoms with Crippen LogP contribution in [0.3, 0.4) is 0 Å². The Hall–Kier alpha value is -0.640. The van der Waals surface area contributed by atoms with Gasteiger partial charge < -0.3 is 0 Å². The summed E-state index contributed by atoms with van der Waals surface area (Å²) in [4.78, 5) is 8.86. The largest absolute Gasteiger partial charge is 0.232 e. The number of nitrogens with zero attached hydrogens (tertiary/aromatic N) is 2. The molecule has 0 saturated carbocycles. The van der Waals surface area contributed by atoms with Crippen LogP contribution in [0.1, 0.15) is 25.6 Å². The van der Waals surface area contributed by atoms with Crippen LogP contribution in [0.4, 0.5) is 0 Å². The van der Waals surface area contributed by atoms with Crippen molar-refractivity contribution in [3.63, 3.8) is 0 Å². The van der Waals surface area contributed by atoms with E-state index in [0.29, 0.717) is 10.0 Å². The van der Waals surface area contributed by atoms with Crippen molar-refractivity contribution in [2.45, 2.75) is 19.8 Å². The van der Waals surface area contributed by atoms with Crippen LogP contribution in [0, 0.1) is 0 Å². The summed E-state index contributed by atoms with van der Waals surface area (Å²) in [5, 5.41) is 1.04. The average molecular weight is 346 g/mol. The molecule has 18 heavy (non-hydrogen) atoms. The van der Waals surface area contributed by atoms with E-state index in [1.165, 1.54) is 0 Å². The summed E-state index contributed by atoms with van der Waals surface area (Å²) in [6, 6.07) is 7.35. The molecule has 94 valence electrons. The van der Waals surface area contributed by atoms with Gasteiger partial charge in [0.25, 0.3) is 0 Å². The van der Waals surface area contributed by atoms with Crippen molar-refractivity contribution in [1.82, 2.24) is 9.97 Å². The highest BCUT2D eigenvalue weighted by Gasteiger charge is 2.12. The second kappa shape index (κ2) is 5.55. The molecule has 1 heterocycles. The molecule has 0 spiro atoms. The van der Waals surface area contributed by atoms with Crippen molar-refractivity contribution in [2.75, 3.05) is 0 Å². The Bertz CT molecular complexity index is 585. The Balaban J connectivity index is 2.60. The summed E-state index contributed by atoms with van der Waals surface area (Å²) in [6.45, 7) is 4.09. The quantitative estimate of drug-likeness (QED) is 0.687. The van der Waals surface area contributed by atoms with E-state index in [2.05, 4.69) is 25.9 Å². The summed E-state index contributed by atoms with van der Waals surface area (Å²) in [5.74, 6) is 1.02. The molecular formula is C13H11BrCl2N2. The molecule has 1 aromatic carbocycles. The van der Waals surface area contributed by atoms with E-state index in [1.807, 2.05) is 32.0 Å². The molecule has 0 N–H and O–H groups in total. The molecule has 0 bridgehead atoms. The van der Waals surface area contributed by atoms with Gasteiger partial charge in [-0.1, -0.05) is 49.2 Å². The van der Waals surface area contributed by atoms with Crippen molar-refractivity contribution < 1.29 is 0 Å². The standard InChI is InChI=1S/C13H11BrCl2N2/c1-7(2)13-17-10(6-11(14)18-13)8-4-3-5-9(15)12(8)16/h3-7H,1-2H3. The zero-order chi connectivity index (χ0) is 13.3.